The monoisotopic (exact) mass is 274 g/mol. The van der Waals surface area contributed by atoms with Crippen molar-refractivity contribution < 1.29 is 4.79 Å². The zero-order valence-corrected chi connectivity index (χ0v) is 13.3. The van der Waals surface area contributed by atoms with Gasteiger partial charge in [-0.25, -0.2) is 0 Å². The van der Waals surface area contributed by atoms with Crippen LogP contribution in [0.1, 0.15) is 46.8 Å². The van der Waals surface area contributed by atoms with E-state index in [1.165, 1.54) is 5.56 Å². The minimum absolute atomic E-state index is 0.175. The van der Waals surface area contributed by atoms with E-state index in [-0.39, 0.29) is 11.4 Å². The fourth-order valence-corrected chi connectivity index (χ4v) is 3.13. The molecule has 3 nitrogen and oxygen atoms in total. The first-order valence-electron chi connectivity index (χ1n) is 7.42. The lowest BCUT2D eigenvalue weighted by Crippen LogP contribution is -2.51. The highest BCUT2D eigenvalue weighted by atomic mass is 16.2. The van der Waals surface area contributed by atoms with Crippen LogP contribution in [-0.2, 0) is 0 Å². The lowest BCUT2D eigenvalue weighted by Gasteiger charge is -2.39. The van der Waals surface area contributed by atoms with Crippen molar-refractivity contribution >= 4 is 5.91 Å². The molecule has 0 aromatic heterocycles. The second-order valence-electron chi connectivity index (χ2n) is 6.38. The first-order valence-corrected chi connectivity index (χ1v) is 7.42. The summed E-state index contributed by atoms with van der Waals surface area (Å²) in [5.41, 5.74) is 4.47. The van der Waals surface area contributed by atoms with Gasteiger partial charge in [-0.05, 0) is 58.7 Å². The molecule has 1 N–H and O–H groups in total. The highest BCUT2D eigenvalue weighted by Crippen LogP contribution is 2.24. The van der Waals surface area contributed by atoms with E-state index in [0.717, 1.165) is 42.6 Å². The van der Waals surface area contributed by atoms with E-state index in [4.69, 9.17) is 0 Å². The molecule has 1 saturated heterocycles. The molecule has 0 aliphatic carbocycles. The van der Waals surface area contributed by atoms with Crippen LogP contribution in [0, 0.1) is 20.8 Å². The predicted octanol–water partition coefficient (Wildman–Crippen LogP) is 2.83. The SMILES string of the molecule is CNC1(C)CCN(C(=O)c2c(C)cc(C)cc2C)CC1. The smallest absolute Gasteiger partial charge is 0.254 e. The molecular weight excluding hydrogens is 248 g/mol. The molecule has 2 rings (SSSR count). The number of carbonyl (C=O) groups is 1. The summed E-state index contributed by atoms with van der Waals surface area (Å²) < 4.78 is 0. The maximum atomic E-state index is 12.8. The number of hydrogen-bond acceptors (Lipinski definition) is 2. The standard InChI is InChI=1S/C17H26N2O/c1-12-10-13(2)15(14(3)11-12)16(20)19-8-6-17(4,18-5)7-9-19/h10-11,18H,6-9H2,1-5H3. The largest absolute Gasteiger partial charge is 0.338 e. The molecule has 3 heteroatoms. The summed E-state index contributed by atoms with van der Waals surface area (Å²) in [5.74, 6) is 0.193. The highest BCUT2D eigenvalue weighted by molar-refractivity contribution is 5.97. The van der Waals surface area contributed by atoms with Crippen molar-refractivity contribution in [2.45, 2.75) is 46.1 Å². The van der Waals surface area contributed by atoms with Crippen molar-refractivity contribution in [3.63, 3.8) is 0 Å². The Kier molecular flexibility index (Phi) is 4.19. The van der Waals surface area contributed by atoms with Gasteiger partial charge < -0.3 is 10.2 Å². The molecule has 0 radical (unpaired) electrons. The summed E-state index contributed by atoms with van der Waals surface area (Å²) in [6, 6.07) is 4.20. The number of hydrogen-bond donors (Lipinski definition) is 1. The zero-order valence-electron chi connectivity index (χ0n) is 13.3. The average Bonchev–Trinajstić information content (AvgIpc) is 2.38. The second kappa shape index (κ2) is 5.57. The topological polar surface area (TPSA) is 32.3 Å². The Morgan fingerprint density at radius 3 is 2.10 bits per heavy atom. The van der Waals surface area contributed by atoms with Gasteiger partial charge in [0.2, 0.25) is 0 Å². The van der Waals surface area contributed by atoms with Gasteiger partial charge in [-0.3, -0.25) is 4.79 Å². The van der Waals surface area contributed by atoms with Gasteiger partial charge in [-0.15, -0.1) is 0 Å². The Balaban J connectivity index is 2.18. The molecule has 110 valence electrons. The molecule has 1 aromatic rings. The molecule has 1 aliphatic heterocycles. The molecule has 0 saturated carbocycles. The quantitative estimate of drug-likeness (QED) is 0.899. The van der Waals surface area contributed by atoms with Crippen molar-refractivity contribution in [3.8, 4) is 0 Å². The molecular formula is C17H26N2O. The van der Waals surface area contributed by atoms with E-state index >= 15 is 0 Å². The van der Waals surface area contributed by atoms with Crippen LogP contribution < -0.4 is 5.32 Å². The molecule has 1 heterocycles. The average molecular weight is 274 g/mol. The van der Waals surface area contributed by atoms with Gasteiger partial charge in [-0.1, -0.05) is 17.7 Å². The van der Waals surface area contributed by atoms with Crippen molar-refractivity contribution in [1.82, 2.24) is 10.2 Å². The van der Waals surface area contributed by atoms with Gasteiger partial charge >= 0.3 is 0 Å². The first kappa shape index (κ1) is 15.0. The number of nitrogens with zero attached hydrogens (tertiary/aromatic N) is 1. The van der Waals surface area contributed by atoms with Crippen LogP contribution in [0.15, 0.2) is 12.1 Å². The third-order valence-electron chi connectivity index (χ3n) is 4.65. The van der Waals surface area contributed by atoms with Crippen LogP contribution in [0.25, 0.3) is 0 Å². The third kappa shape index (κ3) is 2.88. The second-order valence-corrected chi connectivity index (χ2v) is 6.38. The summed E-state index contributed by atoms with van der Waals surface area (Å²) >= 11 is 0. The minimum Gasteiger partial charge on any atom is -0.338 e. The van der Waals surface area contributed by atoms with E-state index in [1.54, 1.807) is 0 Å². The van der Waals surface area contributed by atoms with Crippen molar-refractivity contribution in [2.75, 3.05) is 20.1 Å². The van der Waals surface area contributed by atoms with Crippen molar-refractivity contribution in [3.05, 3.63) is 34.4 Å². The van der Waals surface area contributed by atoms with Crippen LogP contribution in [0.5, 0.6) is 0 Å². The molecule has 1 aliphatic rings. The predicted molar refractivity (Wildman–Crippen MR) is 83.3 cm³/mol. The Morgan fingerprint density at radius 1 is 1.15 bits per heavy atom. The van der Waals surface area contributed by atoms with E-state index in [0.29, 0.717) is 0 Å². The molecule has 0 spiro atoms. The Bertz CT molecular complexity index is 491. The number of carbonyl (C=O) groups excluding carboxylic acids is 1. The number of rotatable bonds is 2. The first-order chi connectivity index (χ1) is 9.36. The number of aryl methyl sites for hydroxylation is 3. The van der Waals surface area contributed by atoms with Crippen LogP contribution in [-0.4, -0.2) is 36.5 Å². The van der Waals surface area contributed by atoms with Gasteiger partial charge in [0, 0.05) is 24.2 Å². The fraction of sp³-hybridized carbons (Fsp3) is 0.588. The van der Waals surface area contributed by atoms with Crippen LogP contribution >= 0.6 is 0 Å². The van der Waals surface area contributed by atoms with Crippen molar-refractivity contribution in [1.29, 1.82) is 0 Å². The van der Waals surface area contributed by atoms with Gasteiger partial charge in [0.1, 0.15) is 0 Å². The van der Waals surface area contributed by atoms with Crippen LogP contribution in [0.3, 0.4) is 0 Å². The lowest BCUT2D eigenvalue weighted by molar-refractivity contribution is 0.0660. The lowest BCUT2D eigenvalue weighted by atomic mass is 9.89. The molecule has 0 unspecified atom stereocenters. The number of likely N-dealkylation sites (tertiary alicyclic amines) is 1. The molecule has 1 amide bonds. The number of amides is 1. The molecule has 1 fully saturated rings. The Morgan fingerprint density at radius 2 is 1.65 bits per heavy atom. The van der Waals surface area contributed by atoms with E-state index in [1.807, 2.05) is 25.8 Å². The van der Waals surface area contributed by atoms with Crippen LogP contribution in [0.4, 0.5) is 0 Å². The van der Waals surface area contributed by atoms with E-state index < -0.39 is 0 Å². The Labute approximate surface area is 122 Å². The maximum Gasteiger partial charge on any atom is 0.254 e. The summed E-state index contributed by atoms with van der Waals surface area (Å²) in [6.07, 6.45) is 2.03. The molecule has 0 bridgehead atoms. The van der Waals surface area contributed by atoms with Gasteiger partial charge in [0.05, 0.1) is 0 Å². The van der Waals surface area contributed by atoms with E-state index in [2.05, 4.69) is 31.3 Å². The Hall–Kier alpha value is -1.35. The van der Waals surface area contributed by atoms with Crippen LogP contribution in [0.2, 0.25) is 0 Å². The van der Waals surface area contributed by atoms with Gasteiger partial charge in [-0.2, -0.15) is 0 Å². The number of nitrogens with one attached hydrogen (secondary N) is 1. The minimum atomic E-state index is 0.175. The molecule has 20 heavy (non-hydrogen) atoms. The maximum absolute atomic E-state index is 12.8. The normalized spacial score (nSPS) is 18.1. The fourth-order valence-electron chi connectivity index (χ4n) is 3.13. The zero-order chi connectivity index (χ0) is 14.9. The highest BCUT2D eigenvalue weighted by Gasteiger charge is 2.31. The van der Waals surface area contributed by atoms with Gasteiger partial charge in [0.15, 0.2) is 0 Å². The van der Waals surface area contributed by atoms with Crippen molar-refractivity contribution in [2.24, 2.45) is 0 Å². The number of benzene rings is 1. The number of piperidine rings is 1. The summed E-state index contributed by atoms with van der Waals surface area (Å²) in [7, 11) is 2.01. The summed E-state index contributed by atoms with van der Waals surface area (Å²) in [6.45, 7) is 10.1. The molecule has 1 aromatic carbocycles. The summed E-state index contributed by atoms with van der Waals surface area (Å²) in [4.78, 5) is 14.8. The molecule has 0 atom stereocenters. The van der Waals surface area contributed by atoms with Gasteiger partial charge in [0.25, 0.3) is 5.91 Å². The van der Waals surface area contributed by atoms with E-state index in [9.17, 15) is 4.79 Å². The third-order valence-corrected chi connectivity index (χ3v) is 4.65. The summed E-state index contributed by atoms with van der Waals surface area (Å²) in [5, 5.41) is 3.37.